The SMILES string of the molecule is CCC1=C2[C@@H](CC/C(C)=C/c3cc(C)c(O)c(C)c3)OC[C@@H]2[C@@H]2C(=O)N(CCCCCC(=O)O)C(=O)[C@@H]2C1. The molecule has 0 saturated carbocycles. The molecule has 2 saturated heterocycles. The first-order valence-corrected chi connectivity index (χ1v) is 14.0. The lowest BCUT2D eigenvalue weighted by atomic mass is 9.69. The number of carbonyl (C=O) groups excluding carboxylic acids is 2. The molecule has 1 aliphatic carbocycles. The van der Waals surface area contributed by atoms with Gasteiger partial charge < -0.3 is 14.9 Å². The predicted octanol–water partition coefficient (Wildman–Crippen LogP) is 5.56. The number of fused-ring (bicyclic) bond motifs is 3. The molecule has 2 fully saturated rings. The molecule has 38 heavy (non-hydrogen) atoms. The molecule has 2 aliphatic heterocycles. The molecule has 0 bridgehead atoms. The lowest BCUT2D eigenvalue weighted by Gasteiger charge is -2.31. The van der Waals surface area contributed by atoms with Crippen LogP contribution in [0.2, 0.25) is 0 Å². The molecule has 0 spiro atoms. The third-order valence-electron chi connectivity index (χ3n) is 8.53. The number of carboxylic acid groups (broad SMARTS) is 1. The molecule has 7 nitrogen and oxygen atoms in total. The first kappa shape index (κ1) is 28.1. The van der Waals surface area contributed by atoms with Crippen LogP contribution in [-0.4, -0.2) is 52.2 Å². The molecule has 3 aliphatic rings. The molecule has 206 valence electrons. The summed E-state index contributed by atoms with van der Waals surface area (Å²) in [5.74, 6) is -1.28. The summed E-state index contributed by atoms with van der Waals surface area (Å²) >= 11 is 0. The summed E-state index contributed by atoms with van der Waals surface area (Å²) < 4.78 is 6.29. The van der Waals surface area contributed by atoms with Gasteiger partial charge in [0.15, 0.2) is 0 Å². The van der Waals surface area contributed by atoms with Gasteiger partial charge in [-0.2, -0.15) is 0 Å². The van der Waals surface area contributed by atoms with Crippen molar-refractivity contribution in [2.24, 2.45) is 17.8 Å². The van der Waals surface area contributed by atoms with Crippen LogP contribution in [0.15, 0.2) is 28.9 Å². The number of amides is 2. The van der Waals surface area contributed by atoms with E-state index in [-0.39, 0.29) is 42.1 Å². The van der Waals surface area contributed by atoms with Crippen LogP contribution in [0.1, 0.15) is 81.9 Å². The Hall–Kier alpha value is -2.93. The minimum Gasteiger partial charge on any atom is -0.507 e. The number of allylic oxidation sites excluding steroid dienone is 2. The monoisotopic (exact) mass is 523 g/mol. The molecule has 2 amide bonds. The highest BCUT2D eigenvalue weighted by molar-refractivity contribution is 6.05. The third-order valence-corrected chi connectivity index (χ3v) is 8.53. The van der Waals surface area contributed by atoms with Crippen LogP contribution in [0.3, 0.4) is 0 Å². The minimum atomic E-state index is -0.818. The number of carboxylic acids is 1. The van der Waals surface area contributed by atoms with Crippen LogP contribution in [-0.2, 0) is 19.1 Å². The lowest BCUT2D eigenvalue weighted by Crippen LogP contribution is -2.34. The number of likely N-dealkylation sites (tertiary alicyclic amines) is 1. The molecule has 2 N–H and O–H groups in total. The van der Waals surface area contributed by atoms with Crippen LogP contribution < -0.4 is 0 Å². The largest absolute Gasteiger partial charge is 0.507 e. The number of imide groups is 1. The number of hydrogen-bond donors (Lipinski definition) is 2. The van der Waals surface area contributed by atoms with Gasteiger partial charge in [-0.25, -0.2) is 0 Å². The van der Waals surface area contributed by atoms with Crippen LogP contribution >= 0.6 is 0 Å². The van der Waals surface area contributed by atoms with Gasteiger partial charge in [0.05, 0.1) is 24.5 Å². The van der Waals surface area contributed by atoms with Crippen molar-refractivity contribution in [1.29, 1.82) is 0 Å². The van der Waals surface area contributed by atoms with Crippen LogP contribution in [0, 0.1) is 31.6 Å². The second-order valence-electron chi connectivity index (χ2n) is 11.2. The number of nitrogens with zero attached hydrogens (tertiary/aromatic N) is 1. The number of benzene rings is 1. The summed E-state index contributed by atoms with van der Waals surface area (Å²) in [5, 5.41) is 18.9. The summed E-state index contributed by atoms with van der Waals surface area (Å²) in [4.78, 5) is 38.8. The number of phenols is 1. The molecule has 1 aromatic carbocycles. The first-order chi connectivity index (χ1) is 18.1. The van der Waals surface area contributed by atoms with E-state index in [2.05, 4.69) is 19.9 Å². The zero-order valence-corrected chi connectivity index (χ0v) is 23.1. The Morgan fingerprint density at radius 2 is 1.79 bits per heavy atom. The Kier molecular flexibility index (Phi) is 8.76. The first-order valence-electron chi connectivity index (χ1n) is 14.0. The lowest BCUT2D eigenvalue weighted by molar-refractivity contribution is -0.141. The number of unbranched alkanes of at least 4 members (excludes halogenated alkanes) is 2. The average molecular weight is 524 g/mol. The van der Waals surface area contributed by atoms with Crippen molar-refractivity contribution in [1.82, 2.24) is 4.90 Å². The fourth-order valence-electron chi connectivity index (χ4n) is 6.61. The Balaban J connectivity index is 1.42. The van der Waals surface area contributed by atoms with E-state index in [1.54, 1.807) is 0 Å². The van der Waals surface area contributed by atoms with E-state index in [4.69, 9.17) is 9.84 Å². The van der Waals surface area contributed by atoms with Gasteiger partial charge in [0.1, 0.15) is 5.75 Å². The Bertz CT molecular complexity index is 1140. The quantitative estimate of drug-likeness (QED) is 0.223. The number of aromatic hydroxyl groups is 1. The molecule has 7 heteroatoms. The molecule has 0 aromatic heterocycles. The number of phenolic OH excluding ortho intramolecular Hbond substituents is 1. The zero-order chi connectivity index (χ0) is 27.6. The van der Waals surface area contributed by atoms with Crippen molar-refractivity contribution in [2.45, 2.75) is 85.2 Å². The van der Waals surface area contributed by atoms with Crippen LogP contribution in [0.4, 0.5) is 0 Å². The van der Waals surface area contributed by atoms with Gasteiger partial charge in [0.25, 0.3) is 0 Å². The number of carbonyl (C=O) groups is 3. The fraction of sp³-hybridized carbons (Fsp3) is 0.581. The summed E-state index contributed by atoms with van der Waals surface area (Å²) in [5.41, 5.74) is 6.57. The number of hydrogen-bond acceptors (Lipinski definition) is 5. The third kappa shape index (κ3) is 5.73. The van der Waals surface area contributed by atoms with Gasteiger partial charge in [-0.1, -0.05) is 30.6 Å². The highest BCUT2D eigenvalue weighted by Crippen LogP contribution is 2.50. The molecular formula is C31H41NO6. The summed E-state index contributed by atoms with van der Waals surface area (Å²) in [6, 6.07) is 3.99. The highest BCUT2D eigenvalue weighted by Gasteiger charge is 2.56. The number of aliphatic carboxylic acids is 1. The molecule has 2 heterocycles. The Morgan fingerprint density at radius 3 is 2.45 bits per heavy atom. The second-order valence-corrected chi connectivity index (χ2v) is 11.2. The van der Waals surface area contributed by atoms with Gasteiger partial charge >= 0.3 is 5.97 Å². The van der Waals surface area contributed by atoms with Gasteiger partial charge in [-0.05, 0) is 93.7 Å². The van der Waals surface area contributed by atoms with Crippen molar-refractivity contribution in [3.63, 3.8) is 0 Å². The van der Waals surface area contributed by atoms with E-state index in [1.165, 1.54) is 21.6 Å². The number of aryl methyl sites for hydroxylation is 2. The van der Waals surface area contributed by atoms with Gasteiger partial charge in [-0.15, -0.1) is 0 Å². The average Bonchev–Trinajstić information content (AvgIpc) is 3.39. The molecule has 1 aromatic rings. The topological polar surface area (TPSA) is 104 Å². The maximum Gasteiger partial charge on any atom is 0.303 e. The predicted molar refractivity (Wildman–Crippen MR) is 145 cm³/mol. The molecular weight excluding hydrogens is 482 g/mol. The smallest absolute Gasteiger partial charge is 0.303 e. The number of ether oxygens (including phenoxy) is 1. The van der Waals surface area contributed by atoms with Gasteiger partial charge in [-0.3, -0.25) is 19.3 Å². The minimum absolute atomic E-state index is 0.0319. The van der Waals surface area contributed by atoms with E-state index in [0.717, 1.165) is 36.0 Å². The standard InChI is InChI=1S/C31H41NO6/c1-5-22-16-23-28(31(37)32(30(23)36)12-8-6-7-9-26(33)34)24-17-38-25(27(22)24)11-10-18(2)13-21-14-19(3)29(35)20(4)15-21/h13-15,23-25,28,35H,5-12,16-17H2,1-4H3,(H,33,34)/b18-13+/t23-,24+,25-,28-/m1/s1. The fourth-order valence-corrected chi connectivity index (χ4v) is 6.61. The maximum atomic E-state index is 13.4. The second kappa shape index (κ2) is 11.9. The van der Waals surface area contributed by atoms with E-state index in [9.17, 15) is 19.5 Å². The Labute approximate surface area is 225 Å². The Morgan fingerprint density at radius 1 is 1.08 bits per heavy atom. The maximum absolute atomic E-state index is 13.4. The van der Waals surface area contributed by atoms with Crippen LogP contribution in [0.25, 0.3) is 6.08 Å². The van der Waals surface area contributed by atoms with Crippen molar-refractivity contribution < 1.29 is 29.3 Å². The van der Waals surface area contributed by atoms with E-state index in [1.807, 2.05) is 26.0 Å². The van der Waals surface area contributed by atoms with Crippen molar-refractivity contribution in [3.05, 3.63) is 45.5 Å². The normalized spacial score (nSPS) is 25.3. The molecule has 0 radical (unpaired) electrons. The van der Waals surface area contributed by atoms with Crippen molar-refractivity contribution >= 4 is 23.9 Å². The van der Waals surface area contributed by atoms with Gasteiger partial charge in [0.2, 0.25) is 11.8 Å². The highest BCUT2D eigenvalue weighted by atomic mass is 16.5. The van der Waals surface area contributed by atoms with E-state index >= 15 is 0 Å². The number of rotatable bonds is 11. The summed E-state index contributed by atoms with van der Waals surface area (Å²) in [6.07, 6.45) is 7.31. The zero-order valence-electron chi connectivity index (χ0n) is 23.1. The molecule has 4 rings (SSSR count). The molecule has 0 unspecified atom stereocenters. The van der Waals surface area contributed by atoms with Crippen molar-refractivity contribution in [2.75, 3.05) is 13.2 Å². The van der Waals surface area contributed by atoms with E-state index in [0.29, 0.717) is 44.6 Å². The van der Waals surface area contributed by atoms with Gasteiger partial charge in [0, 0.05) is 18.9 Å². The summed E-state index contributed by atoms with van der Waals surface area (Å²) in [7, 11) is 0. The molecule has 4 atom stereocenters. The van der Waals surface area contributed by atoms with E-state index < -0.39 is 5.97 Å². The van der Waals surface area contributed by atoms with Crippen LogP contribution in [0.5, 0.6) is 5.75 Å². The van der Waals surface area contributed by atoms with Crippen molar-refractivity contribution in [3.8, 4) is 5.75 Å². The summed E-state index contributed by atoms with van der Waals surface area (Å²) in [6.45, 7) is 8.91.